The van der Waals surface area contributed by atoms with Crippen LogP contribution in [0, 0.1) is 17.0 Å². The minimum absolute atomic E-state index is 0.0281. The second-order valence-electron chi connectivity index (χ2n) is 7.55. The summed E-state index contributed by atoms with van der Waals surface area (Å²) in [6.07, 6.45) is 0.627. The van der Waals surface area contributed by atoms with Crippen LogP contribution in [0.4, 0.5) is 11.4 Å². The number of carbonyl (C=O) groups is 1. The number of sulfonamides is 1. The van der Waals surface area contributed by atoms with Crippen LogP contribution in [-0.4, -0.2) is 30.1 Å². The average Bonchev–Trinajstić information content (AvgIpc) is 2.80. The van der Waals surface area contributed by atoms with Gasteiger partial charge in [-0.05, 0) is 48.7 Å². The van der Waals surface area contributed by atoms with Crippen LogP contribution in [0.2, 0.25) is 0 Å². The Labute approximate surface area is 185 Å². The first-order chi connectivity index (χ1) is 15.3. The number of hydrogen-bond donors (Lipinski definition) is 1. The van der Waals surface area contributed by atoms with E-state index in [1.54, 1.807) is 13.0 Å². The molecule has 0 saturated carbocycles. The summed E-state index contributed by atoms with van der Waals surface area (Å²) in [6.45, 7) is 2.19. The summed E-state index contributed by atoms with van der Waals surface area (Å²) in [7, 11) is -3.80. The largest absolute Gasteiger partial charge is 0.321 e. The molecule has 1 heterocycles. The predicted molar refractivity (Wildman–Crippen MR) is 120 cm³/mol. The molecule has 0 fully saturated rings. The summed E-state index contributed by atoms with van der Waals surface area (Å²) in [4.78, 5) is 23.4. The topological polar surface area (TPSA) is 110 Å². The second-order valence-corrected chi connectivity index (χ2v) is 9.48. The Morgan fingerprint density at radius 2 is 1.75 bits per heavy atom. The highest BCUT2D eigenvalue weighted by Gasteiger charge is 2.28. The minimum atomic E-state index is -3.80. The molecule has 0 aliphatic carbocycles. The van der Waals surface area contributed by atoms with Crippen LogP contribution in [0.5, 0.6) is 0 Å². The SMILES string of the molecule is Cc1c(NC(=O)c2cccc(S(=O)(=O)N3CCc4ccccc4C3)c2)cccc1[N+](=O)[O-]. The van der Waals surface area contributed by atoms with Gasteiger partial charge in [-0.2, -0.15) is 4.31 Å². The van der Waals surface area contributed by atoms with E-state index in [0.717, 1.165) is 11.1 Å². The van der Waals surface area contributed by atoms with Gasteiger partial charge in [-0.15, -0.1) is 0 Å². The van der Waals surface area contributed by atoms with E-state index < -0.39 is 20.9 Å². The molecule has 3 aromatic rings. The molecule has 0 unspecified atom stereocenters. The zero-order valence-electron chi connectivity index (χ0n) is 17.3. The number of fused-ring (bicyclic) bond motifs is 1. The molecule has 0 spiro atoms. The molecule has 3 aromatic carbocycles. The van der Waals surface area contributed by atoms with Crippen molar-refractivity contribution in [3.8, 4) is 0 Å². The van der Waals surface area contributed by atoms with Crippen LogP contribution in [0.25, 0.3) is 0 Å². The van der Waals surface area contributed by atoms with Gasteiger partial charge in [0.25, 0.3) is 11.6 Å². The maximum atomic E-state index is 13.2. The first-order valence-corrected chi connectivity index (χ1v) is 11.4. The van der Waals surface area contributed by atoms with E-state index in [4.69, 9.17) is 0 Å². The first-order valence-electron chi connectivity index (χ1n) is 10.00. The molecule has 0 atom stereocenters. The Balaban J connectivity index is 1.58. The Hall–Kier alpha value is -3.56. The van der Waals surface area contributed by atoms with Gasteiger partial charge in [-0.25, -0.2) is 8.42 Å². The fraction of sp³-hybridized carbons (Fsp3) is 0.174. The van der Waals surface area contributed by atoms with Crippen molar-refractivity contribution in [2.75, 3.05) is 11.9 Å². The smallest absolute Gasteiger partial charge is 0.274 e. The van der Waals surface area contributed by atoms with Gasteiger partial charge in [0.05, 0.1) is 21.1 Å². The molecule has 0 bridgehead atoms. The van der Waals surface area contributed by atoms with Crippen molar-refractivity contribution in [2.45, 2.75) is 24.8 Å². The van der Waals surface area contributed by atoms with E-state index in [9.17, 15) is 23.3 Å². The number of amides is 1. The number of rotatable bonds is 5. The normalized spacial score (nSPS) is 13.9. The lowest BCUT2D eigenvalue weighted by atomic mass is 10.0. The highest BCUT2D eigenvalue weighted by Crippen LogP contribution is 2.27. The van der Waals surface area contributed by atoms with Gasteiger partial charge in [0.15, 0.2) is 0 Å². The van der Waals surface area contributed by atoms with E-state index in [1.165, 1.54) is 40.7 Å². The van der Waals surface area contributed by atoms with E-state index >= 15 is 0 Å². The molecule has 4 rings (SSSR count). The van der Waals surface area contributed by atoms with Gasteiger partial charge in [0, 0.05) is 24.7 Å². The Bertz CT molecular complexity index is 1320. The molecule has 0 radical (unpaired) electrons. The first kappa shape index (κ1) is 21.7. The molecule has 32 heavy (non-hydrogen) atoms. The molecular weight excluding hydrogens is 430 g/mol. The summed E-state index contributed by atoms with van der Waals surface area (Å²) in [5.74, 6) is -0.547. The third kappa shape index (κ3) is 4.12. The summed E-state index contributed by atoms with van der Waals surface area (Å²) >= 11 is 0. The number of benzene rings is 3. The fourth-order valence-electron chi connectivity index (χ4n) is 3.77. The number of carbonyl (C=O) groups excluding carboxylic acids is 1. The van der Waals surface area contributed by atoms with Gasteiger partial charge < -0.3 is 5.32 Å². The number of nitro benzene ring substituents is 1. The number of anilines is 1. The molecular formula is C23H21N3O5S. The lowest BCUT2D eigenvalue weighted by Gasteiger charge is -2.28. The molecule has 1 N–H and O–H groups in total. The monoisotopic (exact) mass is 451 g/mol. The van der Waals surface area contributed by atoms with Crippen molar-refractivity contribution in [2.24, 2.45) is 0 Å². The Morgan fingerprint density at radius 3 is 2.50 bits per heavy atom. The highest BCUT2D eigenvalue weighted by atomic mass is 32.2. The lowest BCUT2D eigenvalue weighted by molar-refractivity contribution is -0.385. The third-order valence-electron chi connectivity index (χ3n) is 5.58. The molecule has 1 aliphatic heterocycles. The van der Waals surface area contributed by atoms with Gasteiger partial charge >= 0.3 is 0 Å². The quantitative estimate of drug-likeness (QED) is 0.467. The van der Waals surface area contributed by atoms with E-state index in [2.05, 4.69) is 5.32 Å². The van der Waals surface area contributed by atoms with Gasteiger partial charge in [-0.1, -0.05) is 36.4 Å². The maximum absolute atomic E-state index is 13.2. The fourth-order valence-corrected chi connectivity index (χ4v) is 5.24. The van der Waals surface area contributed by atoms with Crippen molar-refractivity contribution in [3.05, 3.63) is 99.1 Å². The van der Waals surface area contributed by atoms with Crippen molar-refractivity contribution in [1.82, 2.24) is 4.31 Å². The summed E-state index contributed by atoms with van der Waals surface area (Å²) < 4.78 is 27.9. The zero-order chi connectivity index (χ0) is 22.9. The highest BCUT2D eigenvalue weighted by molar-refractivity contribution is 7.89. The van der Waals surface area contributed by atoms with Crippen LogP contribution < -0.4 is 5.32 Å². The van der Waals surface area contributed by atoms with Crippen LogP contribution >= 0.6 is 0 Å². The number of nitro groups is 1. The molecule has 1 aliphatic rings. The summed E-state index contributed by atoms with van der Waals surface area (Å²) in [6, 6.07) is 18.0. The third-order valence-corrected chi connectivity index (χ3v) is 7.42. The number of hydrogen-bond acceptors (Lipinski definition) is 5. The Morgan fingerprint density at radius 1 is 1.03 bits per heavy atom. The van der Waals surface area contributed by atoms with E-state index in [-0.39, 0.29) is 22.7 Å². The van der Waals surface area contributed by atoms with Crippen LogP contribution in [0.15, 0.2) is 71.6 Å². The molecule has 164 valence electrons. The molecule has 9 heteroatoms. The minimum Gasteiger partial charge on any atom is -0.321 e. The molecule has 8 nitrogen and oxygen atoms in total. The number of nitrogens with zero attached hydrogens (tertiary/aromatic N) is 2. The van der Waals surface area contributed by atoms with Crippen LogP contribution in [0.3, 0.4) is 0 Å². The summed E-state index contributed by atoms with van der Waals surface area (Å²) in [5.41, 5.74) is 2.77. The van der Waals surface area contributed by atoms with Gasteiger partial charge in [0.1, 0.15) is 0 Å². The van der Waals surface area contributed by atoms with Crippen LogP contribution in [-0.2, 0) is 23.0 Å². The zero-order valence-corrected chi connectivity index (χ0v) is 18.1. The average molecular weight is 452 g/mol. The van der Waals surface area contributed by atoms with Crippen molar-refractivity contribution >= 4 is 27.3 Å². The summed E-state index contributed by atoms with van der Waals surface area (Å²) in [5, 5.41) is 13.8. The Kier molecular flexibility index (Phi) is 5.77. The van der Waals surface area contributed by atoms with Gasteiger partial charge in [-0.3, -0.25) is 14.9 Å². The maximum Gasteiger partial charge on any atom is 0.274 e. The van der Waals surface area contributed by atoms with Crippen LogP contribution in [0.1, 0.15) is 27.0 Å². The predicted octanol–water partition coefficient (Wildman–Crippen LogP) is 3.90. The molecule has 1 amide bonds. The van der Waals surface area contributed by atoms with E-state index in [1.807, 2.05) is 24.3 Å². The van der Waals surface area contributed by atoms with Crippen molar-refractivity contribution < 1.29 is 18.1 Å². The molecule has 0 aromatic heterocycles. The van der Waals surface area contributed by atoms with Crippen molar-refractivity contribution in [3.63, 3.8) is 0 Å². The van der Waals surface area contributed by atoms with Crippen molar-refractivity contribution in [1.29, 1.82) is 0 Å². The van der Waals surface area contributed by atoms with Gasteiger partial charge in [0.2, 0.25) is 10.0 Å². The second kappa shape index (κ2) is 8.52. The standard InChI is InChI=1S/C23H21N3O5S/c1-16-21(10-5-11-22(16)26(28)29)24-23(27)18-8-4-9-20(14-18)32(30,31)25-13-12-17-6-2-3-7-19(17)15-25/h2-11,14H,12-13,15H2,1H3,(H,24,27). The number of nitrogens with one attached hydrogen (secondary N) is 1. The lowest BCUT2D eigenvalue weighted by Crippen LogP contribution is -2.36. The van der Waals surface area contributed by atoms with E-state index in [0.29, 0.717) is 24.2 Å². The molecule has 0 saturated heterocycles.